The minimum Gasteiger partial charge on any atom is -0.496 e. The first kappa shape index (κ1) is 15.4. The molecular formula is C18H20N2O3. The summed E-state index contributed by atoms with van der Waals surface area (Å²) in [5.74, 6) is 2.44. The average Bonchev–Trinajstić information content (AvgIpc) is 3.04. The lowest BCUT2D eigenvalue weighted by atomic mass is 10.2. The van der Waals surface area contributed by atoms with Gasteiger partial charge in [-0.3, -0.25) is 4.98 Å². The molecule has 0 saturated heterocycles. The van der Waals surface area contributed by atoms with Crippen LogP contribution in [0.2, 0.25) is 0 Å². The molecule has 0 bridgehead atoms. The van der Waals surface area contributed by atoms with Gasteiger partial charge in [0.1, 0.15) is 11.5 Å². The standard InChI is InChI=1S/C18H20N2O3/c1-12(20-11-14-10-19-8-7-15(14)21-2)17-9-13-5-4-6-16(22-3)18(13)23-17/h4-10,12,20H,11H2,1-3H3. The van der Waals surface area contributed by atoms with Crippen LogP contribution in [0.25, 0.3) is 11.0 Å². The quantitative estimate of drug-likeness (QED) is 0.752. The molecule has 2 heterocycles. The van der Waals surface area contributed by atoms with Gasteiger partial charge in [0.05, 0.1) is 20.3 Å². The van der Waals surface area contributed by atoms with Crippen molar-refractivity contribution in [2.75, 3.05) is 14.2 Å². The number of para-hydroxylation sites is 1. The van der Waals surface area contributed by atoms with E-state index < -0.39 is 0 Å². The van der Waals surface area contributed by atoms with E-state index >= 15 is 0 Å². The lowest BCUT2D eigenvalue weighted by molar-refractivity contribution is 0.393. The summed E-state index contributed by atoms with van der Waals surface area (Å²) in [5, 5.41) is 4.47. The summed E-state index contributed by atoms with van der Waals surface area (Å²) in [4.78, 5) is 4.14. The molecule has 0 aliphatic heterocycles. The van der Waals surface area contributed by atoms with Crippen LogP contribution in [0.4, 0.5) is 0 Å². The number of fused-ring (bicyclic) bond motifs is 1. The van der Waals surface area contributed by atoms with Crippen molar-refractivity contribution >= 4 is 11.0 Å². The molecule has 0 aliphatic carbocycles. The summed E-state index contributed by atoms with van der Waals surface area (Å²) >= 11 is 0. The Morgan fingerprint density at radius 1 is 1.17 bits per heavy atom. The fourth-order valence-electron chi connectivity index (χ4n) is 2.54. The van der Waals surface area contributed by atoms with Crippen molar-refractivity contribution in [1.82, 2.24) is 10.3 Å². The lowest BCUT2D eigenvalue weighted by Gasteiger charge is -2.13. The molecule has 0 amide bonds. The second-order valence-electron chi connectivity index (χ2n) is 5.32. The summed E-state index contributed by atoms with van der Waals surface area (Å²) in [6.45, 7) is 2.71. The Balaban J connectivity index is 1.77. The second-order valence-corrected chi connectivity index (χ2v) is 5.32. The number of nitrogens with zero attached hydrogens (tertiary/aromatic N) is 1. The Kier molecular flexibility index (Phi) is 4.48. The summed E-state index contributed by atoms with van der Waals surface area (Å²) in [5.41, 5.74) is 1.79. The van der Waals surface area contributed by atoms with Crippen LogP contribution in [0.5, 0.6) is 11.5 Å². The first-order valence-electron chi connectivity index (χ1n) is 7.49. The van der Waals surface area contributed by atoms with Gasteiger partial charge in [0.15, 0.2) is 11.3 Å². The highest BCUT2D eigenvalue weighted by Crippen LogP contribution is 2.31. The number of furan rings is 1. The smallest absolute Gasteiger partial charge is 0.176 e. The SMILES string of the molecule is COc1ccncc1CNC(C)c1cc2cccc(OC)c2o1. The molecule has 1 unspecified atom stereocenters. The molecule has 0 spiro atoms. The fourth-order valence-corrected chi connectivity index (χ4v) is 2.54. The van der Waals surface area contributed by atoms with Crippen molar-refractivity contribution < 1.29 is 13.9 Å². The zero-order valence-electron chi connectivity index (χ0n) is 13.5. The zero-order chi connectivity index (χ0) is 16.2. The molecule has 23 heavy (non-hydrogen) atoms. The largest absolute Gasteiger partial charge is 0.496 e. The van der Waals surface area contributed by atoms with Crippen LogP contribution in [-0.2, 0) is 6.54 Å². The van der Waals surface area contributed by atoms with Gasteiger partial charge in [-0.25, -0.2) is 0 Å². The van der Waals surface area contributed by atoms with Crippen molar-refractivity contribution in [1.29, 1.82) is 0 Å². The van der Waals surface area contributed by atoms with E-state index in [1.807, 2.05) is 30.3 Å². The van der Waals surface area contributed by atoms with Gasteiger partial charge in [0.2, 0.25) is 0 Å². The molecule has 2 aromatic heterocycles. The molecule has 5 heteroatoms. The summed E-state index contributed by atoms with van der Waals surface area (Å²) in [6, 6.07) is 9.82. The normalized spacial score (nSPS) is 12.3. The molecule has 0 fully saturated rings. The van der Waals surface area contributed by atoms with Gasteiger partial charge in [-0.2, -0.15) is 0 Å². The third-order valence-corrected chi connectivity index (χ3v) is 3.85. The molecule has 0 radical (unpaired) electrons. The first-order valence-corrected chi connectivity index (χ1v) is 7.49. The van der Waals surface area contributed by atoms with Crippen molar-refractivity contribution in [2.45, 2.75) is 19.5 Å². The predicted octanol–water partition coefficient (Wildman–Crippen LogP) is 3.70. The third kappa shape index (κ3) is 3.14. The highest BCUT2D eigenvalue weighted by Gasteiger charge is 2.14. The molecule has 1 N–H and O–H groups in total. The highest BCUT2D eigenvalue weighted by molar-refractivity contribution is 5.83. The van der Waals surface area contributed by atoms with E-state index in [1.54, 1.807) is 26.6 Å². The topological polar surface area (TPSA) is 56.5 Å². The van der Waals surface area contributed by atoms with Gasteiger partial charge in [-0.15, -0.1) is 0 Å². The molecule has 0 saturated carbocycles. The highest BCUT2D eigenvalue weighted by atomic mass is 16.5. The van der Waals surface area contributed by atoms with Crippen LogP contribution in [0.1, 0.15) is 24.3 Å². The minimum atomic E-state index is 0.0528. The zero-order valence-corrected chi connectivity index (χ0v) is 13.5. The average molecular weight is 312 g/mol. The Morgan fingerprint density at radius 3 is 2.78 bits per heavy atom. The maximum Gasteiger partial charge on any atom is 0.176 e. The van der Waals surface area contributed by atoms with Crippen molar-refractivity contribution in [3.8, 4) is 11.5 Å². The number of rotatable bonds is 6. The van der Waals surface area contributed by atoms with Crippen LogP contribution in [-0.4, -0.2) is 19.2 Å². The molecular weight excluding hydrogens is 292 g/mol. The Morgan fingerprint density at radius 2 is 2.00 bits per heavy atom. The number of hydrogen-bond donors (Lipinski definition) is 1. The van der Waals surface area contributed by atoms with Gasteiger partial charge >= 0.3 is 0 Å². The molecule has 3 rings (SSSR count). The molecule has 1 atom stereocenters. The monoisotopic (exact) mass is 312 g/mol. The first-order chi connectivity index (χ1) is 11.2. The fraction of sp³-hybridized carbons (Fsp3) is 0.278. The van der Waals surface area contributed by atoms with Gasteiger partial charge in [0.25, 0.3) is 0 Å². The van der Waals surface area contributed by atoms with E-state index in [9.17, 15) is 0 Å². The van der Waals surface area contributed by atoms with Crippen molar-refractivity contribution in [3.63, 3.8) is 0 Å². The van der Waals surface area contributed by atoms with Gasteiger partial charge < -0.3 is 19.2 Å². The second kappa shape index (κ2) is 6.71. The molecule has 120 valence electrons. The maximum atomic E-state index is 5.96. The van der Waals surface area contributed by atoms with E-state index in [0.29, 0.717) is 6.54 Å². The number of methoxy groups -OCH3 is 2. The number of pyridine rings is 1. The van der Waals surface area contributed by atoms with Crippen LogP contribution in [0, 0.1) is 0 Å². The Hall–Kier alpha value is -2.53. The van der Waals surface area contributed by atoms with Crippen LogP contribution >= 0.6 is 0 Å². The van der Waals surface area contributed by atoms with Crippen LogP contribution in [0.15, 0.2) is 47.1 Å². The molecule has 5 nitrogen and oxygen atoms in total. The summed E-state index contributed by atoms with van der Waals surface area (Å²) < 4.78 is 16.6. The van der Waals surface area contributed by atoms with Gasteiger partial charge in [0, 0.05) is 29.9 Å². The van der Waals surface area contributed by atoms with E-state index in [0.717, 1.165) is 33.8 Å². The van der Waals surface area contributed by atoms with E-state index in [4.69, 9.17) is 13.9 Å². The number of benzene rings is 1. The summed E-state index contributed by atoms with van der Waals surface area (Å²) in [6.07, 6.45) is 3.53. The van der Waals surface area contributed by atoms with Crippen molar-refractivity contribution in [3.05, 3.63) is 54.0 Å². The third-order valence-electron chi connectivity index (χ3n) is 3.85. The van der Waals surface area contributed by atoms with Gasteiger partial charge in [-0.05, 0) is 25.1 Å². The van der Waals surface area contributed by atoms with Gasteiger partial charge in [-0.1, -0.05) is 12.1 Å². The Bertz CT molecular complexity index is 798. The molecule has 3 aromatic rings. The number of hydrogen-bond acceptors (Lipinski definition) is 5. The van der Waals surface area contributed by atoms with E-state index in [-0.39, 0.29) is 6.04 Å². The van der Waals surface area contributed by atoms with Crippen LogP contribution in [0.3, 0.4) is 0 Å². The number of aromatic nitrogens is 1. The summed E-state index contributed by atoms with van der Waals surface area (Å²) in [7, 11) is 3.31. The van der Waals surface area contributed by atoms with Crippen LogP contribution < -0.4 is 14.8 Å². The predicted molar refractivity (Wildman–Crippen MR) is 88.8 cm³/mol. The van der Waals surface area contributed by atoms with Crippen molar-refractivity contribution in [2.24, 2.45) is 0 Å². The van der Waals surface area contributed by atoms with E-state index in [1.165, 1.54) is 0 Å². The number of ether oxygens (including phenoxy) is 2. The lowest BCUT2D eigenvalue weighted by Crippen LogP contribution is -2.18. The minimum absolute atomic E-state index is 0.0528. The van der Waals surface area contributed by atoms with E-state index in [2.05, 4.69) is 17.2 Å². The Labute approximate surface area is 135 Å². The molecule has 0 aliphatic rings. The maximum absolute atomic E-state index is 5.96. The molecule has 1 aromatic carbocycles. The number of nitrogens with one attached hydrogen (secondary N) is 1.